The molecule has 0 radical (unpaired) electrons. The van der Waals surface area contributed by atoms with Gasteiger partial charge in [0, 0.05) is 24.7 Å². The molecule has 2 aromatic carbocycles. The third kappa shape index (κ3) is 4.42. The van der Waals surface area contributed by atoms with Crippen molar-refractivity contribution in [1.82, 2.24) is 10.2 Å². The lowest BCUT2D eigenvalue weighted by Crippen LogP contribution is -2.45. The molecular formula is C20H24N2O. The average Bonchev–Trinajstić information content (AvgIpc) is 2.63. The molecule has 3 nitrogen and oxygen atoms in total. The molecule has 1 aliphatic rings. The molecule has 2 aromatic rings. The molecule has 3 rings (SSSR count). The fraction of sp³-hybridized carbons (Fsp3) is 0.350. The molecular weight excluding hydrogens is 284 g/mol. The van der Waals surface area contributed by atoms with Crippen molar-refractivity contribution in [2.75, 3.05) is 19.6 Å². The van der Waals surface area contributed by atoms with Gasteiger partial charge in [0.05, 0.1) is 0 Å². The van der Waals surface area contributed by atoms with Gasteiger partial charge in [0.25, 0.3) is 5.91 Å². The fourth-order valence-electron chi connectivity index (χ4n) is 3.12. The molecule has 1 amide bonds. The first kappa shape index (κ1) is 15.8. The lowest BCUT2D eigenvalue weighted by atomic mass is 10.0. The SMILES string of the molecule is O=C(c1ccccc1)N1CCC(NCCc2ccccc2)CC1. The third-order valence-corrected chi connectivity index (χ3v) is 4.49. The van der Waals surface area contributed by atoms with Crippen LogP contribution in [0.1, 0.15) is 28.8 Å². The largest absolute Gasteiger partial charge is 0.339 e. The van der Waals surface area contributed by atoms with Crippen LogP contribution in [0.15, 0.2) is 60.7 Å². The number of benzene rings is 2. The highest BCUT2D eigenvalue weighted by atomic mass is 16.2. The predicted molar refractivity (Wildman–Crippen MR) is 93.5 cm³/mol. The number of carbonyl (C=O) groups excluding carboxylic acids is 1. The fourth-order valence-corrected chi connectivity index (χ4v) is 3.12. The van der Waals surface area contributed by atoms with Crippen molar-refractivity contribution >= 4 is 5.91 Å². The van der Waals surface area contributed by atoms with Gasteiger partial charge in [-0.05, 0) is 43.5 Å². The molecule has 0 bridgehead atoms. The quantitative estimate of drug-likeness (QED) is 0.920. The molecule has 1 saturated heterocycles. The Balaban J connectivity index is 1.41. The topological polar surface area (TPSA) is 32.3 Å². The van der Waals surface area contributed by atoms with Gasteiger partial charge in [-0.1, -0.05) is 48.5 Å². The van der Waals surface area contributed by atoms with E-state index in [1.807, 2.05) is 35.2 Å². The highest BCUT2D eigenvalue weighted by molar-refractivity contribution is 5.94. The minimum absolute atomic E-state index is 0.160. The van der Waals surface area contributed by atoms with Gasteiger partial charge < -0.3 is 10.2 Å². The molecule has 1 aliphatic heterocycles. The van der Waals surface area contributed by atoms with E-state index < -0.39 is 0 Å². The number of hydrogen-bond donors (Lipinski definition) is 1. The van der Waals surface area contributed by atoms with Crippen molar-refractivity contribution in [3.8, 4) is 0 Å². The van der Waals surface area contributed by atoms with Gasteiger partial charge in [-0.3, -0.25) is 4.79 Å². The number of hydrogen-bond acceptors (Lipinski definition) is 2. The second-order valence-corrected chi connectivity index (χ2v) is 6.12. The number of nitrogens with one attached hydrogen (secondary N) is 1. The first-order valence-corrected chi connectivity index (χ1v) is 8.44. The number of likely N-dealkylation sites (tertiary alicyclic amines) is 1. The standard InChI is InChI=1S/C20H24N2O/c23-20(18-9-5-2-6-10-18)22-15-12-19(13-16-22)21-14-11-17-7-3-1-4-8-17/h1-10,19,21H,11-16H2. The van der Waals surface area contributed by atoms with Crippen molar-refractivity contribution in [1.29, 1.82) is 0 Å². The van der Waals surface area contributed by atoms with Gasteiger partial charge in [-0.2, -0.15) is 0 Å². The van der Waals surface area contributed by atoms with E-state index in [9.17, 15) is 4.79 Å². The summed E-state index contributed by atoms with van der Waals surface area (Å²) in [5.74, 6) is 0.160. The number of amides is 1. The Morgan fingerprint density at radius 3 is 2.22 bits per heavy atom. The van der Waals surface area contributed by atoms with Crippen LogP contribution in [0, 0.1) is 0 Å². The van der Waals surface area contributed by atoms with Gasteiger partial charge in [-0.25, -0.2) is 0 Å². The first-order chi connectivity index (χ1) is 11.3. The zero-order valence-electron chi connectivity index (χ0n) is 13.4. The van der Waals surface area contributed by atoms with Gasteiger partial charge in [-0.15, -0.1) is 0 Å². The maximum Gasteiger partial charge on any atom is 0.253 e. The number of nitrogens with zero attached hydrogens (tertiary/aromatic N) is 1. The third-order valence-electron chi connectivity index (χ3n) is 4.49. The molecule has 1 fully saturated rings. The van der Waals surface area contributed by atoms with Crippen LogP contribution >= 0.6 is 0 Å². The van der Waals surface area contributed by atoms with Crippen molar-refractivity contribution in [2.24, 2.45) is 0 Å². The monoisotopic (exact) mass is 308 g/mol. The molecule has 23 heavy (non-hydrogen) atoms. The molecule has 0 spiro atoms. The second kappa shape index (κ2) is 7.93. The Hall–Kier alpha value is -2.13. The highest BCUT2D eigenvalue weighted by Crippen LogP contribution is 2.14. The van der Waals surface area contributed by atoms with Crippen LogP contribution in [-0.2, 0) is 6.42 Å². The summed E-state index contributed by atoms with van der Waals surface area (Å²) in [4.78, 5) is 14.4. The number of rotatable bonds is 5. The van der Waals surface area contributed by atoms with E-state index >= 15 is 0 Å². The highest BCUT2D eigenvalue weighted by Gasteiger charge is 2.22. The van der Waals surface area contributed by atoms with Crippen LogP contribution in [0.3, 0.4) is 0 Å². The van der Waals surface area contributed by atoms with E-state index in [2.05, 4.69) is 35.6 Å². The molecule has 1 N–H and O–H groups in total. The second-order valence-electron chi connectivity index (χ2n) is 6.12. The minimum Gasteiger partial charge on any atom is -0.339 e. The van der Waals surface area contributed by atoms with Crippen LogP contribution in [0.5, 0.6) is 0 Å². The summed E-state index contributed by atoms with van der Waals surface area (Å²) in [6, 6.07) is 20.7. The molecule has 0 aliphatic carbocycles. The minimum atomic E-state index is 0.160. The van der Waals surface area contributed by atoms with E-state index in [1.165, 1.54) is 5.56 Å². The van der Waals surface area contributed by atoms with E-state index in [0.717, 1.165) is 44.5 Å². The molecule has 0 unspecified atom stereocenters. The first-order valence-electron chi connectivity index (χ1n) is 8.44. The summed E-state index contributed by atoms with van der Waals surface area (Å²) >= 11 is 0. The van der Waals surface area contributed by atoms with Gasteiger partial charge in [0.15, 0.2) is 0 Å². The zero-order chi connectivity index (χ0) is 15.9. The number of carbonyl (C=O) groups is 1. The maximum atomic E-state index is 12.4. The molecule has 120 valence electrons. The van der Waals surface area contributed by atoms with Crippen molar-refractivity contribution in [3.05, 3.63) is 71.8 Å². The Morgan fingerprint density at radius 2 is 1.57 bits per heavy atom. The van der Waals surface area contributed by atoms with Crippen LogP contribution in [-0.4, -0.2) is 36.5 Å². The molecule has 1 heterocycles. The Kier molecular flexibility index (Phi) is 5.43. The summed E-state index contributed by atoms with van der Waals surface area (Å²) in [6.07, 6.45) is 3.13. The van der Waals surface area contributed by atoms with Gasteiger partial charge in [0.2, 0.25) is 0 Å². The van der Waals surface area contributed by atoms with E-state index in [0.29, 0.717) is 6.04 Å². The lowest BCUT2D eigenvalue weighted by Gasteiger charge is -2.32. The molecule has 3 heteroatoms. The summed E-state index contributed by atoms with van der Waals surface area (Å²) in [6.45, 7) is 2.69. The number of piperidine rings is 1. The normalized spacial score (nSPS) is 15.6. The zero-order valence-corrected chi connectivity index (χ0v) is 13.4. The summed E-state index contributed by atoms with van der Waals surface area (Å²) < 4.78 is 0. The summed E-state index contributed by atoms with van der Waals surface area (Å²) in [5.41, 5.74) is 2.17. The summed E-state index contributed by atoms with van der Waals surface area (Å²) in [7, 11) is 0. The maximum absolute atomic E-state index is 12.4. The van der Waals surface area contributed by atoms with Gasteiger partial charge in [0.1, 0.15) is 0 Å². The predicted octanol–water partition coefficient (Wildman–Crippen LogP) is 3.12. The van der Waals surface area contributed by atoms with Crippen LogP contribution < -0.4 is 5.32 Å². The lowest BCUT2D eigenvalue weighted by molar-refractivity contribution is 0.0705. The van der Waals surface area contributed by atoms with Crippen LogP contribution in [0.2, 0.25) is 0 Å². The van der Waals surface area contributed by atoms with E-state index in [1.54, 1.807) is 0 Å². The Morgan fingerprint density at radius 1 is 0.957 bits per heavy atom. The Bertz CT molecular complexity index is 604. The smallest absolute Gasteiger partial charge is 0.253 e. The van der Waals surface area contributed by atoms with E-state index in [-0.39, 0.29) is 5.91 Å². The Labute approximate surface area is 138 Å². The molecule has 0 atom stereocenters. The van der Waals surface area contributed by atoms with Crippen molar-refractivity contribution < 1.29 is 4.79 Å². The molecule has 0 saturated carbocycles. The molecule has 0 aromatic heterocycles. The average molecular weight is 308 g/mol. The van der Waals surface area contributed by atoms with Gasteiger partial charge >= 0.3 is 0 Å². The van der Waals surface area contributed by atoms with Crippen molar-refractivity contribution in [2.45, 2.75) is 25.3 Å². The van der Waals surface area contributed by atoms with Crippen LogP contribution in [0.4, 0.5) is 0 Å². The van der Waals surface area contributed by atoms with Crippen molar-refractivity contribution in [3.63, 3.8) is 0 Å². The van der Waals surface area contributed by atoms with E-state index in [4.69, 9.17) is 0 Å². The summed E-state index contributed by atoms with van der Waals surface area (Å²) in [5, 5.41) is 3.63. The van der Waals surface area contributed by atoms with Crippen LogP contribution in [0.25, 0.3) is 0 Å².